The lowest BCUT2D eigenvalue weighted by Crippen LogP contribution is -2.57. The highest BCUT2D eigenvalue weighted by Crippen LogP contribution is 2.29. The molecule has 1 atom stereocenters. The highest BCUT2D eigenvalue weighted by molar-refractivity contribution is 4.65. The van der Waals surface area contributed by atoms with Crippen molar-refractivity contribution in [2.75, 3.05) is 19.6 Å². The predicted molar refractivity (Wildman–Crippen MR) is 56.6 cm³/mol. The van der Waals surface area contributed by atoms with Crippen LogP contribution in [-0.4, -0.2) is 30.2 Å². The Bertz CT molecular complexity index is 157. The van der Waals surface area contributed by atoms with Crippen LogP contribution in [0.5, 0.6) is 0 Å². The van der Waals surface area contributed by atoms with E-state index >= 15 is 0 Å². The second-order valence-electron chi connectivity index (χ2n) is 5.15. The Morgan fingerprint density at radius 1 is 0.769 bits per heavy atom. The van der Waals surface area contributed by atoms with Gasteiger partial charge in [0.25, 0.3) is 0 Å². The van der Waals surface area contributed by atoms with Crippen molar-refractivity contribution in [1.29, 1.82) is 0 Å². The third-order valence-electron chi connectivity index (χ3n) is 4.37. The van der Waals surface area contributed by atoms with Gasteiger partial charge >= 0.3 is 0 Å². The summed E-state index contributed by atoms with van der Waals surface area (Å²) in [4.78, 5) is 0. The first-order chi connectivity index (χ1) is 6.33. The lowest BCUT2D eigenvalue weighted by molar-refractivity contribution is -0.953. The minimum Gasteiger partial charge on any atom is -0.321 e. The minimum atomic E-state index is 0.965. The van der Waals surface area contributed by atoms with Gasteiger partial charge in [-0.1, -0.05) is 0 Å². The van der Waals surface area contributed by atoms with E-state index in [-0.39, 0.29) is 0 Å². The molecule has 0 bridgehead atoms. The molecular weight excluding hydrogens is 158 g/mol. The SMILES string of the molecule is CC1CCCC[N+]12CCCCCC2. The molecular formula is C12H24N+. The van der Waals surface area contributed by atoms with Crippen molar-refractivity contribution in [2.45, 2.75) is 57.9 Å². The topological polar surface area (TPSA) is 0 Å². The Kier molecular flexibility index (Phi) is 2.92. The van der Waals surface area contributed by atoms with Crippen LogP contribution >= 0.6 is 0 Å². The number of rotatable bonds is 0. The molecule has 1 unspecified atom stereocenters. The average Bonchev–Trinajstić information content (AvgIpc) is 2.37. The molecule has 2 rings (SSSR count). The summed E-state index contributed by atoms with van der Waals surface area (Å²) in [6.07, 6.45) is 10.4. The molecule has 1 spiro atoms. The first-order valence-electron chi connectivity index (χ1n) is 6.19. The predicted octanol–water partition coefficient (Wildman–Crippen LogP) is 2.95. The highest BCUT2D eigenvalue weighted by atomic mass is 15.4. The summed E-state index contributed by atoms with van der Waals surface area (Å²) in [6, 6.07) is 0.965. The van der Waals surface area contributed by atoms with E-state index in [2.05, 4.69) is 6.92 Å². The molecule has 0 amide bonds. The van der Waals surface area contributed by atoms with Gasteiger partial charge in [0.2, 0.25) is 0 Å². The van der Waals surface area contributed by atoms with Gasteiger partial charge in [-0.3, -0.25) is 0 Å². The van der Waals surface area contributed by atoms with Gasteiger partial charge in [-0.25, -0.2) is 0 Å². The summed E-state index contributed by atoms with van der Waals surface area (Å²) >= 11 is 0. The Morgan fingerprint density at radius 3 is 1.85 bits per heavy atom. The molecule has 2 saturated heterocycles. The van der Waals surface area contributed by atoms with Crippen molar-refractivity contribution < 1.29 is 4.48 Å². The van der Waals surface area contributed by atoms with Crippen LogP contribution in [0.3, 0.4) is 0 Å². The second-order valence-corrected chi connectivity index (χ2v) is 5.15. The highest BCUT2D eigenvalue weighted by Gasteiger charge is 2.36. The molecule has 1 heteroatoms. The molecule has 0 aromatic carbocycles. The molecule has 2 fully saturated rings. The summed E-state index contributed by atoms with van der Waals surface area (Å²) in [7, 11) is 0. The van der Waals surface area contributed by atoms with Crippen molar-refractivity contribution in [3.05, 3.63) is 0 Å². The molecule has 2 aliphatic heterocycles. The normalized spacial score (nSPS) is 34.4. The van der Waals surface area contributed by atoms with Crippen LogP contribution in [0, 0.1) is 0 Å². The monoisotopic (exact) mass is 182 g/mol. The molecule has 0 aromatic rings. The van der Waals surface area contributed by atoms with E-state index < -0.39 is 0 Å². The number of quaternary nitrogens is 1. The third-order valence-corrected chi connectivity index (χ3v) is 4.37. The third kappa shape index (κ3) is 1.90. The maximum Gasteiger partial charge on any atom is 0.0861 e. The van der Waals surface area contributed by atoms with Crippen LogP contribution in [0.25, 0.3) is 0 Å². The summed E-state index contributed by atoms with van der Waals surface area (Å²) < 4.78 is 1.49. The van der Waals surface area contributed by atoms with Gasteiger partial charge in [-0.15, -0.1) is 0 Å². The molecule has 0 aliphatic carbocycles. The van der Waals surface area contributed by atoms with Crippen LogP contribution < -0.4 is 0 Å². The zero-order chi connectivity index (χ0) is 9.15. The minimum absolute atomic E-state index is 0.965. The first-order valence-corrected chi connectivity index (χ1v) is 6.19. The largest absolute Gasteiger partial charge is 0.321 e. The van der Waals surface area contributed by atoms with Gasteiger partial charge in [0.05, 0.1) is 25.7 Å². The summed E-state index contributed by atoms with van der Waals surface area (Å²) in [6.45, 7) is 6.95. The molecule has 0 radical (unpaired) electrons. The standard InChI is InChI=1S/C12H24N/c1-12-8-4-7-11-13(12)9-5-2-3-6-10-13/h12H,2-11H2,1H3/q+1. The number of piperidine rings is 1. The van der Waals surface area contributed by atoms with E-state index in [1.807, 2.05) is 0 Å². The van der Waals surface area contributed by atoms with Crippen LogP contribution in [-0.2, 0) is 0 Å². The van der Waals surface area contributed by atoms with Gasteiger partial charge < -0.3 is 4.48 Å². The van der Waals surface area contributed by atoms with Crippen molar-refractivity contribution >= 4 is 0 Å². The molecule has 76 valence electrons. The molecule has 2 heterocycles. The van der Waals surface area contributed by atoms with Gasteiger partial charge in [-0.05, 0) is 51.9 Å². The Morgan fingerprint density at radius 2 is 1.31 bits per heavy atom. The second kappa shape index (κ2) is 4.00. The van der Waals surface area contributed by atoms with Crippen molar-refractivity contribution in [2.24, 2.45) is 0 Å². The first kappa shape index (κ1) is 9.51. The van der Waals surface area contributed by atoms with E-state index in [9.17, 15) is 0 Å². The zero-order valence-electron chi connectivity index (χ0n) is 9.10. The van der Waals surface area contributed by atoms with Gasteiger partial charge in [0, 0.05) is 0 Å². The smallest absolute Gasteiger partial charge is 0.0861 e. The molecule has 0 aromatic heterocycles. The Labute approximate surface area is 82.7 Å². The van der Waals surface area contributed by atoms with E-state index in [1.54, 1.807) is 0 Å². The van der Waals surface area contributed by atoms with Crippen molar-refractivity contribution in [3.63, 3.8) is 0 Å². The molecule has 0 N–H and O–H groups in total. The average molecular weight is 182 g/mol. The zero-order valence-corrected chi connectivity index (χ0v) is 9.10. The van der Waals surface area contributed by atoms with Crippen molar-refractivity contribution in [1.82, 2.24) is 0 Å². The van der Waals surface area contributed by atoms with Gasteiger partial charge in [-0.2, -0.15) is 0 Å². The summed E-state index contributed by atoms with van der Waals surface area (Å²) in [5.74, 6) is 0. The fraction of sp³-hybridized carbons (Fsp3) is 1.00. The van der Waals surface area contributed by atoms with Gasteiger partial charge in [0.1, 0.15) is 0 Å². The number of hydrogen-bond donors (Lipinski definition) is 0. The molecule has 13 heavy (non-hydrogen) atoms. The van der Waals surface area contributed by atoms with Crippen LogP contribution in [0.1, 0.15) is 51.9 Å². The van der Waals surface area contributed by atoms with Crippen LogP contribution in [0.4, 0.5) is 0 Å². The van der Waals surface area contributed by atoms with Crippen molar-refractivity contribution in [3.8, 4) is 0 Å². The van der Waals surface area contributed by atoms with Crippen LogP contribution in [0.15, 0.2) is 0 Å². The quantitative estimate of drug-likeness (QED) is 0.505. The van der Waals surface area contributed by atoms with E-state index in [0.29, 0.717) is 0 Å². The maximum atomic E-state index is 2.49. The van der Waals surface area contributed by atoms with E-state index in [0.717, 1.165) is 6.04 Å². The maximum absolute atomic E-state index is 2.49. The number of nitrogens with zero attached hydrogens (tertiary/aromatic N) is 1. The molecule has 2 aliphatic rings. The molecule has 1 nitrogen and oxygen atoms in total. The number of hydrogen-bond acceptors (Lipinski definition) is 0. The van der Waals surface area contributed by atoms with Gasteiger partial charge in [0.15, 0.2) is 0 Å². The fourth-order valence-corrected chi connectivity index (χ4v) is 3.34. The van der Waals surface area contributed by atoms with E-state index in [4.69, 9.17) is 0 Å². The summed E-state index contributed by atoms with van der Waals surface area (Å²) in [5.41, 5.74) is 0. The van der Waals surface area contributed by atoms with E-state index in [1.165, 1.54) is 69.1 Å². The summed E-state index contributed by atoms with van der Waals surface area (Å²) in [5, 5.41) is 0. The lowest BCUT2D eigenvalue weighted by atomic mass is 9.99. The van der Waals surface area contributed by atoms with Crippen LogP contribution in [0.2, 0.25) is 0 Å². The Hall–Kier alpha value is -0.0400. The lowest BCUT2D eigenvalue weighted by Gasteiger charge is -2.46. The fourth-order valence-electron chi connectivity index (χ4n) is 3.34. The Balaban J connectivity index is 2.05. The molecule has 0 saturated carbocycles.